The Morgan fingerprint density at radius 3 is 2.60 bits per heavy atom. The third-order valence-corrected chi connectivity index (χ3v) is 3.18. The topological polar surface area (TPSA) is 114 Å². The number of carbonyl (C=O) groups excluding carboxylic acids is 2. The number of hydrazone groups is 1. The van der Waals surface area contributed by atoms with E-state index in [4.69, 9.17) is 11.6 Å². The molecule has 25 heavy (non-hydrogen) atoms. The van der Waals surface area contributed by atoms with Crippen LogP contribution >= 0.6 is 11.6 Å². The molecule has 0 radical (unpaired) electrons. The number of nitrogens with zero attached hydrogens (tertiary/aromatic N) is 2. The molecule has 0 fully saturated rings. The van der Waals surface area contributed by atoms with Crippen LogP contribution in [0.15, 0.2) is 47.6 Å². The van der Waals surface area contributed by atoms with Crippen molar-refractivity contribution in [1.29, 1.82) is 0 Å². The Kier molecular flexibility index (Phi) is 5.75. The summed E-state index contributed by atoms with van der Waals surface area (Å²) in [6.45, 7) is 0. The minimum atomic E-state index is -1.12. The van der Waals surface area contributed by atoms with E-state index in [1.807, 2.05) is 5.43 Å². The molecule has 0 unspecified atom stereocenters. The van der Waals surface area contributed by atoms with Gasteiger partial charge in [0.2, 0.25) is 0 Å². The second kappa shape index (κ2) is 7.97. The van der Waals surface area contributed by atoms with Crippen LogP contribution in [0.2, 0.25) is 5.02 Å². The number of hydrogen-bond donors (Lipinski definition) is 2. The number of anilines is 1. The lowest BCUT2D eigenvalue weighted by Gasteiger charge is -2.04. The standard InChI is InChI=1S/C15H10ClFN4O4/c16-11-7-10(5-6-12(11)17)19-14(22)15(23)20-18-8-9-3-1-2-4-13(9)21(24)25/h1-8H,(H,19,22)(H,20,23)/b18-8+. The number of nitro benzene ring substituents is 1. The van der Waals surface area contributed by atoms with Crippen LogP contribution in [0, 0.1) is 15.9 Å². The molecule has 0 saturated heterocycles. The number of rotatable bonds is 4. The Hall–Kier alpha value is -3.33. The Morgan fingerprint density at radius 2 is 1.92 bits per heavy atom. The van der Waals surface area contributed by atoms with Crippen LogP contribution in [0.1, 0.15) is 5.56 Å². The van der Waals surface area contributed by atoms with Crippen LogP contribution in [0.3, 0.4) is 0 Å². The van der Waals surface area contributed by atoms with Crippen molar-refractivity contribution in [2.75, 3.05) is 5.32 Å². The third kappa shape index (κ3) is 4.82. The summed E-state index contributed by atoms with van der Waals surface area (Å²) >= 11 is 5.56. The summed E-state index contributed by atoms with van der Waals surface area (Å²) < 4.78 is 13.0. The average Bonchev–Trinajstić information content (AvgIpc) is 2.58. The van der Waals surface area contributed by atoms with Crippen molar-refractivity contribution in [3.05, 3.63) is 69.0 Å². The van der Waals surface area contributed by atoms with Crippen molar-refractivity contribution in [3.63, 3.8) is 0 Å². The molecular weight excluding hydrogens is 355 g/mol. The van der Waals surface area contributed by atoms with E-state index < -0.39 is 22.6 Å². The number of carbonyl (C=O) groups is 2. The molecular formula is C15H10ClFN4O4. The quantitative estimate of drug-likeness (QED) is 0.375. The van der Waals surface area contributed by atoms with Crippen LogP contribution in [-0.4, -0.2) is 23.0 Å². The zero-order valence-electron chi connectivity index (χ0n) is 12.4. The lowest BCUT2D eigenvalue weighted by atomic mass is 10.2. The van der Waals surface area contributed by atoms with Crippen molar-refractivity contribution >= 4 is 41.0 Å². The van der Waals surface area contributed by atoms with Crippen molar-refractivity contribution < 1.29 is 18.9 Å². The highest BCUT2D eigenvalue weighted by Gasteiger charge is 2.14. The molecule has 128 valence electrons. The lowest BCUT2D eigenvalue weighted by molar-refractivity contribution is -0.385. The van der Waals surface area contributed by atoms with Gasteiger partial charge in [-0.2, -0.15) is 5.10 Å². The minimum absolute atomic E-state index is 0.120. The summed E-state index contributed by atoms with van der Waals surface area (Å²) in [6, 6.07) is 9.13. The summed E-state index contributed by atoms with van der Waals surface area (Å²) in [7, 11) is 0. The first-order valence-electron chi connectivity index (χ1n) is 6.71. The summed E-state index contributed by atoms with van der Waals surface area (Å²) in [4.78, 5) is 33.5. The van der Waals surface area contributed by atoms with E-state index in [1.165, 1.54) is 24.3 Å². The Bertz CT molecular complexity index is 872. The molecule has 2 aromatic carbocycles. The molecule has 0 aliphatic rings. The molecule has 0 atom stereocenters. The summed E-state index contributed by atoms with van der Waals surface area (Å²) in [5.74, 6) is -2.85. The van der Waals surface area contributed by atoms with Gasteiger partial charge < -0.3 is 5.32 Å². The van der Waals surface area contributed by atoms with E-state index in [-0.39, 0.29) is 22.0 Å². The Labute approximate surface area is 145 Å². The summed E-state index contributed by atoms with van der Waals surface area (Å²) in [6.07, 6.45) is 1.04. The predicted molar refractivity (Wildman–Crippen MR) is 88.9 cm³/mol. The van der Waals surface area contributed by atoms with Gasteiger partial charge in [-0.05, 0) is 24.3 Å². The SMILES string of the molecule is O=C(N/N=C/c1ccccc1[N+](=O)[O-])C(=O)Nc1ccc(F)c(Cl)c1. The zero-order valence-corrected chi connectivity index (χ0v) is 13.2. The van der Waals surface area contributed by atoms with E-state index in [0.29, 0.717) is 0 Å². The van der Waals surface area contributed by atoms with Gasteiger partial charge >= 0.3 is 11.8 Å². The predicted octanol–water partition coefficient (Wildman–Crippen LogP) is 2.48. The molecule has 0 aliphatic carbocycles. The molecule has 0 saturated carbocycles. The number of hydrogen-bond acceptors (Lipinski definition) is 5. The van der Waals surface area contributed by atoms with E-state index in [2.05, 4.69) is 10.4 Å². The van der Waals surface area contributed by atoms with Crippen LogP contribution < -0.4 is 10.7 Å². The van der Waals surface area contributed by atoms with Crippen molar-refractivity contribution in [1.82, 2.24) is 5.43 Å². The van der Waals surface area contributed by atoms with Gasteiger partial charge in [-0.3, -0.25) is 19.7 Å². The largest absolute Gasteiger partial charge is 0.329 e. The Balaban J connectivity index is 1.99. The van der Waals surface area contributed by atoms with Crippen LogP contribution in [0.5, 0.6) is 0 Å². The van der Waals surface area contributed by atoms with Gasteiger partial charge in [0, 0.05) is 11.8 Å². The maximum absolute atomic E-state index is 13.0. The highest BCUT2D eigenvalue weighted by atomic mass is 35.5. The second-order valence-electron chi connectivity index (χ2n) is 4.60. The van der Waals surface area contributed by atoms with Crippen LogP contribution in [0.25, 0.3) is 0 Å². The van der Waals surface area contributed by atoms with Gasteiger partial charge in [-0.25, -0.2) is 9.82 Å². The van der Waals surface area contributed by atoms with E-state index in [9.17, 15) is 24.1 Å². The number of amides is 2. The third-order valence-electron chi connectivity index (χ3n) is 2.89. The number of halogens is 2. The van der Waals surface area contributed by atoms with E-state index in [1.54, 1.807) is 6.07 Å². The maximum Gasteiger partial charge on any atom is 0.329 e. The smallest absolute Gasteiger partial charge is 0.318 e. The Morgan fingerprint density at radius 1 is 1.20 bits per heavy atom. The maximum atomic E-state index is 13.0. The molecule has 2 rings (SSSR count). The van der Waals surface area contributed by atoms with Crippen molar-refractivity contribution in [2.45, 2.75) is 0 Å². The van der Waals surface area contributed by atoms with Gasteiger partial charge in [0.15, 0.2) is 0 Å². The average molecular weight is 365 g/mol. The van der Waals surface area contributed by atoms with Gasteiger partial charge in [0.1, 0.15) is 5.82 Å². The van der Waals surface area contributed by atoms with Crippen LogP contribution in [0.4, 0.5) is 15.8 Å². The molecule has 2 amide bonds. The minimum Gasteiger partial charge on any atom is -0.318 e. The van der Waals surface area contributed by atoms with Crippen molar-refractivity contribution in [3.8, 4) is 0 Å². The van der Waals surface area contributed by atoms with Gasteiger partial charge in [-0.1, -0.05) is 23.7 Å². The number of para-hydroxylation sites is 1. The molecule has 2 aromatic rings. The van der Waals surface area contributed by atoms with E-state index in [0.717, 1.165) is 18.3 Å². The number of nitrogens with one attached hydrogen (secondary N) is 2. The first-order chi connectivity index (χ1) is 11.9. The van der Waals surface area contributed by atoms with Gasteiger partial charge in [-0.15, -0.1) is 0 Å². The summed E-state index contributed by atoms with van der Waals surface area (Å²) in [5, 5.41) is 16.3. The molecule has 8 nitrogen and oxygen atoms in total. The molecule has 2 N–H and O–H groups in total. The number of nitro groups is 1. The van der Waals surface area contributed by atoms with E-state index >= 15 is 0 Å². The number of benzene rings is 2. The first kappa shape index (κ1) is 18.0. The molecule has 0 aliphatic heterocycles. The first-order valence-corrected chi connectivity index (χ1v) is 7.09. The fraction of sp³-hybridized carbons (Fsp3) is 0. The lowest BCUT2D eigenvalue weighted by Crippen LogP contribution is -2.32. The van der Waals surface area contributed by atoms with Crippen LogP contribution in [-0.2, 0) is 9.59 Å². The zero-order chi connectivity index (χ0) is 18.4. The normalized spacial score (nSPS) is 10.5. The van der Waals surface area contributed by atoms with Crippen molar-refractivity contribution in [2.24, 2.45) is 5.10 Å². The van der Waals surface area contributed by atoms with Gasteiger partial charge in [0.05, 0.1) is 21.7 Å². The monoisotopic (exact) mass is 364 g/mol. The fourth-order valence-electron chi connectivity index (χ4n) is 1.74. The molecule has 10 heteroatoms. The highest BCUT2D eigenvalue weighted by Crippen LogP contribution is 2.19. The molecule has 0 bridgehead atoms. The van der Waals surface area contributed by atoms with Gasteiger partial charge in [0.25, 0.3) is 5.69 Å². The highest BCUT2D eigenvalue weighted by molar-refractivity contribution is 6.39. The summed E-state index contributed by atoms with van der Waals surface area (Å²) in [5.41, 5.74) is 2.00. The second-order valence-corrected chi connectivity index (χ2v) is 5.01. The fourth-order valence-corrected chi connectivity index (χ4v) is 1.92. The molecule has 0 aromatic heterocycles. The molecule has 0 heterocycles. The molecule has 0 spiro atoms.